The van der Waals surface area contributed by atoms with Crippen molar-refractivity contribution >= 4 is 14.3 Å². The largest absolute Gasteiger partial charge is 0.463 e. The van der Waals surface area contributed by atoms with Gasteiger partial charge in [0.15, 0.2) is 8.32 Å². The minimum absolute atomic E-state index is 0.178. The number of ether oxygens (including phenoxy) is 6. The quantitative estimate of drug-likeness (QED) is 0.158. The van der Waals surface area contributed by atoms with Gasteiger partial charge in [0.2, 0.25) is 0 Å². The van der Waals surface area contributed by atoms with Crippen LogP contribution in [-0.4, -0.2) is 93.6 Å². The maximum atomic E-state index is 11.1. The SMILES string of the molecule is CCCC(=O)OCCOCCOCCOCCOCCOCCO[Si](C)(C)C. The first-order chi connectivity index (χ1) is 13.5. The summed E-state index contributed by atoms with van der Waals surface area (Å²) in [4.78, 5) is 11.1. The molecule has 28 heavy (non-hydrogen) atoms. The molecule has 8 nitrogen and oxygen atoms in total. The van der Waals surface area contributed by atoms with Crippen molar-refractivity contribution in [3.05, 3.63) is 0 Å². The first-order valence-corrected chi connectivity index (χ1v) is 13.5. The first-order valence-electron chi connectivity index (χ1n) is 10.1. The van der Waals surface area contributed by atoms with E-state index in [1.54, 1.807) is 0 Å². The van der Waals surface area contributed by atoms with E-state index in [4.69, 9.17) is 32.8 Å². The molecule has 0 aromatic carbocycles. The van der Waals surface area contributed by atoms with Gasteiger partial charge in [0, 0.05) is 6.42 Å². The zero-order valence-electron chi connectivity index (χ0n) is 18.2. The van der Waals surface area contributed by atoms with E-state index in [0.717, 1.165) is 6.42 Å². The summed E-state index contributed by atoms with van der Waals surface area (Å²) in [7, 11) is -1.44. The molecule has 0 bridgehead atoms. The second-order valence-corrected chi connectivity index (χ2v) is 11.5. The third kappa shape index (κ3) is 23.5. The minimum Gasteiger partial charge on any atom is -0.463 e. The highest BCUT2D eigenvalue weighted by Crippen LogP contribution is 2.01. The molecule has 0 aliphatic rings. The standard InChI is InChI=1S/C19H40O8Si/c1-5-6-19(20)26-17-15-24-13-11-22-9-7-21-8-10-23-12-14-25-16-18-27-28(2,3)4/h5-18H2,1-4H3. The molecular weight excluding hydrogens is 384 g/mol. The van der Waals surface area contributed by atoms with Crippen LogP contribution in [0.3, 0.4) is 0 Å². The Labute approximate surface area is 171 Å². The van der Waals surface area contributed by atoms with Crippen LogP contribution in [-0.2, 0) is 37.6 Å². The molecule has 0 aliphatic carbocycles. The van der Waals surface area contributed by atoms with Crippen molar-refractivity contribution in [3.63, 3.8) is 0 Å². The van der Waals surface area contributed by atoms with Crippen molar-refractivity contribution in [2.24, 2.45) is 0 Å². The lowest BCUT2D eigenvalue weighted by atomic mass is 10.3. The number of carbonyl (C=O) groups excluding carboxylic acids is 1. The van der Waals surface area contributed by atoms with E-state index in [1.165, 1.54) is 0 Å². The van der Waals surface area contributed by atoms with Gasteiger partial charge in [-0.05, 0) is 26.1 Å². The van der Waals surface area contributed by atoms with Crippen molar-refractivity contribution in [2.45, 2.75) is 39.4 Å². The minimum atomic E-state index is -1.44. The van der Waals surface area contributed by atoms with Gasteiger partial charge >= 0.3 is 5.97 Å². The van der Waals surface area contributed by atoms with E-state index in [0.29, 0.717) is 85.7 Å². The monoisotopic (exact) mass is 424 g/mol. The summed E-state index contributed by atoms with van der Waals surface area (Å²) >= 11 is 0. The van der Waals surface area contributed by atoms with Crippen LogP contribution in [0, 0.1) is 0 Å². The van der Waals surface area contributed by atoms with Crippen LogP contribution in [0.2, 0.25) is 19.6 Å². The number of hydrogen-bond donors (Lipinski definition) is 0. The fraction of sp³-hybridized carbons (Fsp3) is 0.947. The van der Waals surface area contributed by atoms with Crippen LogP contribution in [0.1, 0.15) is 19.8 Å². The molecule has 0 spiro atoms. The summed E-state index contributed by atoms with van der Waals surface area (Å²) in [6.07, 6.45) is 1.25. The zero-order valence-corrected chi connectivity index (χ0v) is 19.2. The lowest BCUT2D eigenvalue weighted by molar-refractivity contribution is -0.145. The predicted octanol–water partition coefficient (Wildman–Crippen LogP) is 2.26. The Hall–Kier alpha value is -0.553. The Morgan fingerprint density at radius 3 is 1.32 bits per heavy atom. The Bertz CT molecular complexity index is 349. The fourth-order valence-electron chi connectivity index (χ4n) is 1.88. The summed E-state index contributed by atoms with van der Waals surface area (Å²) in [6.45, 7) is 14.5. The maximum absolute atomic E-state index is 11.1. The molecule has 0 aliphatic heterocycles. The van der Waals surface area contributed by atoms with Crippen molar-refractivity contribution in [1.82, 2.24) is 0 Å². The fourth-order valence-corrected chi connectivity index (χ4v) is 2.57. The van der Waals surface area contributed by atoms with Gasteiger partial charge in [-0.1, -0.05) is 6.92 Å². The molecule has 0 fully saturated rings. The zero-order chi connectivity index (χ0) is 20.9. The van der Waals surface area contributed by atoms with E-state index < -0.39 is 8.32 Å². The molecule has 0 heterocycles. The Morgan fingerprint density at radius 1 is 0.607 bits per heavy atom. The molecule has 0 amide bonds. The molecule has 0 atom stereocenters. The lowest BCUT2D eigenvalue weighted by Gasteiger charge is -2.16. The van der Waals surface area contributed by atoms with Gasteiger partial charge in [-0.15, -0.1) is 0 Å². The molecule has 0 saturated carbocycles. The van der Waals surface area contributed by atoms with Crippen LogP contribution >= 0.6 is 0 Å². The molecule has 0 saturated heterocycles. The van der Waals surface area contributed by atoms with E-state index >= 15 is 0 Å². The van der Waals surface area contributed by atoms with Crippen molar-refractivity contribution in [2.75, 3.05) is 79.3 Å². The molecule has 0 radical (unpaired) electrons. The van der Waals surface area contributed by atoms with Crippen molar-refractivity contribution < 1.29 is 37.6 Å². The van der Waals surface area contributed by atoms with Gasteiger partial charge in [-0.3, -0.25) is 4.79 Å². The van der Waals surface area contributed by atoms with Gasteiger partial charge in [0.05, 0.1) is 72.7 Å². The number of esters is 1. The number of rotatable bonds is 21. The Morgan fingerprint density at radius 2 is 0.964 bits per heavy atom. The van der Waals surface area contributed by atoms with E-state index in [9.17, 15) is 4.79 Å². The van der Waals surface area contributed by atoms with Gasteiger partial charge < -0.3 is 32.8 Å². The molecule has 9 heteroatoms. The van der Waals surface area contributed by atoms with Crippen LogP contribution in [0.25, 0.3) is 0 Å². The van der Waals surface area contributed by atoms with Gasteiger partial charge in [0.25, 0.3) is 0 Å². The van der Waals surface area contributed by atoms with Gasteiger partial charge in [-0.2, -0.15) is 0 Å². The van der Waals surface area contributed by atoms with Crippen LogP contribution < -0.4 is 0 Å². The van der Waals surface area contributed by atoms with Crippen LogP contribution in [0.5, 0.6) is 0 Å². The Kier molecular flexibility index (Phi) is 19.4. The molecule has 0 unspecified atom stereocenters. The summed E-state index contributed by atoms with van der Waals surface area (Å²) in [6, 6.07) is 0. The number of carbonyl (C=O) groups is 1. The first kappa shape index (κ1) is 27.4. The topological polar surface area (TPSA) is 81.7 Å². The summed E-state index contributed by atoms with van der Waals surface area (Å²) < 4.78 is 37.6. The van der Waals surface area contributed by atoms with Crippen molar-refractivity contribution in [1.29, 1.82) is 0 Å². The summed E-state index contributed by atoms with van der Waals surface area (Å²) in [5.41, 5.74) is 0. The van der Waals surface area contributed by atoms with Gasteiger partial charge in [0.1, 0.15) is 6.61 Å². The molecular formula is C19H40O8Si. The average molecular weight is 425 g/mol. The highest BCUT2D eigenvalue weighted by atomic mass is 28.4. The summed E-state index contributed by atoms with van der Waals surface area (Å²) in [5, 5.41) is 0. The predicted molar refractivity (Wildman–Crippen MR) is 109 cm³/mol. The van der Waals surface area contributed by atoms with E-state index in [2.05, 4.69) is 19.6 Å². The maximum Gasteiger partial charge on any atom is 0.305 e. The number of hydrogen-bond acceptors (Lipinski definition) is 8. The third-order valence-electron chi connectivity index (χ3n) is 3.20. The second-order valence-electron chi connectivity index (χ2n) is 6.99. The molecule has 168 valence electrons. The van der Waals surface area contributed by atoms with Gasteiger partial charge in [-0.25, -0.2) is 0 Å². The van der Waals surface area contributed by atoms with Crippen LogP contribution in [0.15, 0.2) is 0 Å². The van der Waals surface area contributed by atoms with E-state index in [1.807, 2.05) is 6.92 Å². The highest BCUT2D eigenvalue weighted by molar-refractivity contribution is 6.69. The highest BCUT2D eigenvalue weighted by Gasteiger charge is 2.12. The second kappa shape index (κ2) is 19.7. The molecule has 0 aromatic rings. The van der Waals surface area contributed by atoms with Crippen LogP contribution in [0.4, 0.5) is 0 Å². The average Bonchev–Trinajstić information content (AvgIpc) is 2.63. The third-order valence-corrected chi connectivity index (χ3v) is 4.27. The van der Waals surface area contributed by atoms with E-state index in [-0.39, 0.29) is 5.97 Å². The molecule has 0 rings (SSSR count). The lowest BCUT2D eigenvalue weighted by Crippen LogP contribution is -2.27. The summed E-state index contributed by atoms with van der Waals surface area (Å²) in [5.74, 6) is -0.178. The molecule has 0 aromatic heterocycles. The van der Waals surface area contributed by atoms with Crippen molar-refractivity contribution in [3.8, 4) is 0 Å². The smallest absolute Gasteiger partial charge is 0.305 e. The Balaban J connectivity index is 3.08. The normalized spacial score (nSPS) is 11.7. The molecule has 0 N–H and O–H groups in total.